The number of benzene rings is 23. The first-order valence-corrected chi connectivity index (χ1v) is 49.0. The van der Waals surface area contributed by atoms with E-state index < -0.39 is 0 Å². The predicted octanol–water partition coefficient (Wildman–Crippen LogP) is 35.9. The Morgan fingerprint density at radius 3 is 0.563 bits per heavy atom. The monoisotopic (exact) mass is 1800 g/mol. The number of fused-ring (bicyclic) bond motifs is 4. The van der Waals surface area contributed by atoms with Gasteiger partial charge in [-0.25, -0.2) is 0 Å². The first kappa shape index (κ1) is 85.2. The molecule has 25 rings (SSSR count). The van der Waals surface area contributed by atoms with E-state index in [-0.39, 0.29) is 6.71 Å². The van der Waals surface area contributed by atoms with Crippen molar-refractivity contribution in [1.82, 2.24) is 0 Å². The molecule has 0 radical (unpaired) electrons. The van der Waals surface area contributed by atoms with Crippen LogP contribution in [0.2, 0.25) is 0 Å². The molecule has 23 aromatic rings. The lowest BCUT2D eigenvalue weighted by Gasteiger charge is -2.45. The summed E-state index contributed by atoms with van der Waals surface area (Å²) in [6.07, 6.45) is 0. The highest BCUT2D eigenvalue weighted by atomic mass is 15.2. The average molecular weight is 1810 g/mol. The van der Waals surface area contributed by atoms with Gasteiger partial charge in [-0.15, -0.1) is 0 Å². The molecular weight excluding hydrogens is 1710 g/mol. The van der Waals surface area contributed by atoms with Crippen LogP contribution in [0.25, 0.3) is 178 Å². The van der Waals surface area contributed by atoms with E-state index in [9.17, 15) is 0 Å². The van der Waals surface area contributed by atoms with Gasteiger partial charge in [-0.05, 0) is 304 Å². The van der Waals surface area contributed by atoms with Crippen LogP contribution in [0.3, 0.4) is 0 Å². The summed E-state index contributed by atoms with van der Waals surface area (Å²) in [7, 11) is 0. The standard InChI is InChI=1S/C138H94BN3/c1-13-37-95(38-14-1)103-61-65-105(66-62-103)107-69-75-121(76-70-107)140(122-77-71-108(72-78-122)106-67-63-104(64-68-106)96-39-15-2-16-40-96)125-93-134-138-135(94-125)142(124-91-128(111-57-33-11-34-58-111)137(129(92-124)112-59-35-12-36-60-112)120-85-117(101-49-25-7-26-50-101)82-118(86-120)102-51-27-8-28-52-102)133-80-74-114(98-43-19-4-20-44-98)88-131(133)139(138)130-87-113(97-41-17-3-18-42-97)73-79-132(130)141(134)123-89-126(109-53-29-9-30-54-109)136(127(90-123)110-55-31-10-32-56-110)119-83-115(99-45-21-5-22-46-99)81-116(84-119)100-47-23-6-24-48-100/h1-94H. The zero-order valence-corrected chi connectivity index (χ0v) is 78.2. The van der Waals surface area contributed by atoms with Crippen molar-refractivity contribution in [2.45, 2.75) is 0 Å². The molecule has 0 aromatic heterocycles. The van der Waals surface area contributed by atoms with Gasteiger partial charge in [-0.1, -0.05) is 461 Å². The molecule has 0 spiro atoms. The Morgan fingerprint density at radius 1 is 0.134 bits per heavy atom. The van der Waals surface area contributed by atoms with Gasteiger partial charge in [-0.2, -0.15) is 0 Å². The molecule has 0 bridgehead atoms. The van der Waals surface area contributed by atoms with Crippen molar-refractivity contribution in [3.8, 4) is 178 Å². The zero-order valence-electron chi connectivity index (χ0n) is 78.2. The maximum atomic E-state index is 2.66. The Balaban J connectivity index is 0.808. The molecule has 0 N–H and O–H groups in total. The minimum atomic E-state index is -0.366. The highest BCUT2D eigenvalue weighted by molar-refractivity contribution is 7.00. The van der Waals surface area contributed by atoms with E-state index in [0.29, 0.717) is 0 Å². The Kier molecular flexibility index (Phi) is 22.5. The molecule has 0 atom stereocenters. The quantitative estimate of drug-likeness (QED) is 0.0664. The van der Waals surface area contributed by atoms with Crippen molar-refractivity contribution in [2.24, 2.45) is 0 Å². The Bertz CT molecular complexity index is 7780. The highest BCUT2D eigenvalue weighted by Crippen LogP contribution is 2.56. The van der Waals surface area contributed by atoms with Crippen LogP contribution < -0.4 is 31.1 Å². The van der Waals surface area contributed by atoms with Crippen molar-refractivity contribution < 1.29 is 0 Å². The fraction of sp³-hybridized carbons (Fsp3) is 0. The Hall–Kier alpha value is -18.5. The van der Waals surface area contributed by atoms with E-state index in [2.05, 4.69) is 585 Å². The topological polar surface area (TPSA) is 9.72 Å². The first-order valence-electron chi connectivity index (χ1n) is 49.0. The van der Waals surface area contributed by atoms with Gasteiger partial charge in [0.05, 0.1) is 5.69 Å². The Morgan fingerprint density at radius 2 is 0.324 bits per heavy atom. The van der Waals surface area contributed by atoms with Gasteiger partial charge in [0.2, 0.25) is 0 Å². The number of rotatable bonds is 21. The average Bonchev–Trinajstić information content (AvgIpc) is 0.687. The van der Waals surface area contributed by atoms with E-state index in [1.54, 1.807) is 0 Å². The smallest absolute Gasteiger partial charge is 0.252 e. The summed E-state index contributed by atoms with van der Waals surface area (Å²) in [5.41, 5.74) is 48.7. The molecule has 0 amide bonds. The fourth-order valence-electron chi connectivity index (χ4n) is 21.6. The largest absolute Gasteiger partial charge is 0.311 e. The van der Waals surface area contributed by atoms with E-state index >= 15 is 0 Å². The summed E-state index contributed by atoms with van der Waals surface area (Å²) in [5.74, 6) is 0. The van der Waals surface area contributed by atoms with Gasteiger partial charge < -0.3 is 14.7 Å². The molecule has 23 aromatic carbocycles. The maximum absolute atomic E-state index is 2.66. The summed E-state index contributed by atoms with van der Waals surface area (Å²) in [6.45, 7) is -0.366. The molecule has 2 aliphatic rings. The molecule has 142 heavy (non-hydrogen) atoms. The number of nitrogens with zero attached hydrogens (tertiary/aromatic N) is 3. The van der Waals surface area contributed by atoms with Crippen molar-refractivity contribution in [1.29, 1.82) is 0 Å². The van der Waals surface area contributed by atoms with Crippen molar-refractivity contribution in [3.63, 3.8) is 0 Å². The SMILES string of the molecule is c1ccc(-c2ccc(-c3ccc(N(c4ccc(-c5ccc(-c6ccccc6)cc5)cc4)c4cc5c6c(c4)N(c4cc(-c7ccccc7)c(-c7cc(-c8ccccc8)cc(-c8ccccc8)c7)c(-c7ccccc7)c4)c4ccc(-c7ccccc7)cc4B6c4cc(-c6ccccc6)ccc4N5c4cc(-c5ccccc5)c(-c5cc(-c6ccccc6)cc(-c6ccccc6)c5)c(-c5ccccc5)c4)cc3)cc2)cc1. The van der Waals surface area contributed by atoms with Crippen LogP contribution in [0.15, 0.2) is 570 Å². The molecule has 0 saturated heterocycles. The maximum Gasteiger partial charge on any atom is 0.252 e. The normalized spacial score (nSPS) is 11.8. The molecule has 0 fully saturated rings. The van der Waals surface area contributed by atoms with Gasteiger partial charge >= 0.3 is 0 Å². The molecule has 0 saturated carbocycles. The van der Waals surface area contributed by atoms with Crippen molar-refractivity contribution in [2.75, 3.05) is 14.7 Å². The van der Waals surface area contributed by atoms with E-state index in [1.165, 1.54) is 33.2 Å². The van der Waals surface area contributed by atoms with E-state index in [1.807, 2.05) is 0 Å². The molecule has 2 heterocycles. The zero-order chi connectivity index (χ0) is 94.2. The van der Waals surface area contributed by atoms with Crippen molar-refractivity contribution >= 4 is 74.3 Å². The minimum Gasteiger partial charge on any atom is -0.311 e. The molecule has 0 unspecified atom stereocenters. The lowest BCUT2D eigenvalue weighted by atomic mass is 9.33. The van der Waals surface area contributed by atoms with Gasteiger partial charge in [0.25, 0.3) is 6.71 Å². The molecule has 664 valence electrons. The minimum absolute atomic E-state index is 0.366. The van der Waals surface area contributed by atoms with Gasteiger partial charge in [0, 0.05) is 45.5 Å². The van der Waals surface area contributed by atoms with Crippen LogP contribution in [0.4, 0.5) is 51.2 Å². The third-order valence-electron chi connectivity index (χ3n) is 28.4. The summed E-state index contributed by atoms with van der Waals surface area (Å²) in [4.78, 5) is 7.84. The number of hydrogen-bond donors (Lipinski definition) is 0. The van der Waals surface area contributed by atoms with Crippen LogP contribution in [0, 0.1) is 0 Å². The molecule has 0 aliphatic carbocycles. The van der Waals surface area contributed by atoms with Crippen LogP contribution in [0.5, 0.6) is 0 Å². The lowest BCUT2D eigenvalue weighted by molar-refractivity contribution is 1.23. The first-order chi connectivity index (χ1) is 70.4. The van der Waals surface area contributed by atoms with E-state index in [0.717, 1.165) is 212 Å². The summed E-state index contributed by atoms with van der Waals surface area (Å²) in [6, 6.07) is 213. The second kappa shape index (κ2) is 37.5. The lowest BCUT2D eigenvalue weighted by Crippen LogP contribution is -2.61. The third kappa shape index (κ3) is 16.5. The van der Waals surface area contributed by atoms with Gasteiger partial charge in [0.15, 0.2) is 0 Å². The predicted molar refractivity (Wildman–Crippen MR) is 602 cm³/mol. The van der Waals surface area contributed by atoms with Crippen LogP contribution in [-0.2, 0) is 0 Å². The molecule has 2 aliphatic heterocycles. The van der Waals surface area contributed by atoms with Gasteiger partial charge in [-0.3, -0.25) is 0 Å². The van der Waals surface area contributed by atoms with Crippen LogP contribution in [0.1, 0.15) is 0 Å². The van der Waals surface area contributed by atoms with E-state index in [4.69, 9.17) is 0 Å². The fourth-order valence-corrected chi connectivity index (χ4v) is 21.6. The second-order valence-electron chi connectivity index (χ2n) is 37.0. The molecule has 4 heteroatoms. The second-order valence-corrected chi connectivity index (χ2v) is 37.0. The molecule has 3 nitrogen and oxygen atoms in total. The Labute approximate surface area is 831 Å². The third-order valence-corrected chi connectivity index (χ3v) is 28.4. The number of hydrogen-bond acceptors (Lipinski definition) is 3. The highest BCUT2D eigenvalue weighted by Gasteiger charge is 2.46. The number of anilines is 9. The summed E-state index contributed by atoms with van der Waals surface area (Å²) >= 11 is 0. The summed E-state index contributed by atoms with van der Waals surface area (Å²) in [5, 5.41) is 0. The summed E-state index contributed by atoms with van der Waals surface area (Å²) < 4.78 is 0. The van der Waals surface area contributed by atoms with Crippen LogP contribution >= 0.6 is 0 Å². The van der Waals surface area contributed by atoms with Crippen molar-refractivity contribution in [3.05, 3.63) is 570 Å². The molecular formula is C138H94BN3. The van der Waals surface area contributed by atoms with Crippen LogP contribution in [-0.4, -0.2) is 6.71 Å². The van der Waals surface area contributed by atoms with Gasteiger partial charge in [0.1, 0.15) is 0 Å².